The summed E-state index contributed by atoms with van der Waals surface area (Å²) in [5.41, 5.74) is 8.68. The molecule has 0 aliphatic heterocycles. The van der Waals surface area contributed by atoms with Crippen molar-refractivity contribution < 1.29 is 13.5 Å². The number of hydrogen-bond acceptors (Lipinski definition) is 7. The molecule has 0 spiro atoms. The monoisotopic (exact) mass is 413 g/mol. The van der Waals surface area contributed by atoms with Crippen molar-refractivity contribution in [3.63, 3.8) is 0 Å². The molecule has 8 heteroatoms. The molecule has 0 aliphatic rings. The number of aryl methyl sites for hydroxylation is 1. The molecule has 3 rings (SSSR count). The van der Waals surface area contributed by atoms with Gasteiger partial charge in [0.1, 0.15) is 11.3 Å². The van der Waals surface area contributed by atoms with Gasteiger partial charge in [0, 0.05) is 16.7 Å². The third kappa shape index (κ3) is 5.03. The Morgan fingerprint density at radius 3 is 2.75 bits per heavy atom. The van der Waals surface area contributed by atoms with Crippen molar-refractivity contribution in [1.82, 2.24) is 4.98 Å². The van der Waals surface area contributed by atoms with Crippen LogP contribution in [0.4, 0.5) is 10.8 Å². The number of sulfone groups is 1. The molecule has 0 amide bonds. The molecule has 0 saturated heterocycles. The van der Waals surface area contributed by atoms with Gasteiger partial charge in [-0.3, -0.25) is 0 Å². The molecule has 0 aliphatic carbocycles. The fraction of sp³-hybridized carbons (Fsp3) is 0.150. The van der Waals surface area contributed by atoms with Crippen LogP contribution in [-0.4, -0.2) is 30.8 Å². The first-order valence-electron chi connectivity index (χ1n) is 8.42. The number of phenolic OH excluding ortho intramolecular Hbond substituents is 1. The molecule has 0 unspecified atom stereocenters. The fourth-order valence-electron chi connectivity index (χ4n) is 2.53. The summed E-state index contributed by atoms with van der Waals surface area (Å²) in [5.74, 6) is 6.13. The van der Waals surface area contributed by atoms with Crippen LogP contribution in [0.3, 0.4) is 0 Å². The van der Waals surface area contributed by atoms with Crippen molar-refractivity contribution in [3.05, 3.63) is 59.5 Å². The van der Waals surface area contributed by atoms with Gasteiger partial charge in [-0.2, -0.15) is 0 Å². The standard InChI is InChI=1S/C20H19N3O3S2/c1-2-28(25,26)11-9-14-5-7-16(8-6-14)22-10-3-4-15-12-17(24)19-18(13-15)27-20(21)23-19/h2,5-8,12-13,22,24H,1,9-11H2,(H2,21,23). The number of nitrogens with two attached hydrogens (primary N) is 1. The Morgan fingerprint density at radius 2 is 2.04 bits per heavy atom. The lowest BCUT2D eigenvalue weighted by Gasteiger charge is -2.04. The zero-order valence-electron chi connectivity index (χ0n) is 15.0. The Kier molecular flexibility index (Phi) is 5.87. The molecule has 0 radical (unpaired) electrons. The van der Waals surface area contributed by atoms with E-state index in [1.54, 1.807) is 6.07 Å². The van der Waals surface area contributed by atoms with E-state index >= 15 is 0 Å². The number of hydrogen-bond donors (Lipinski definition) is 3. The summed E-state index contributed by atoms with van der Waals surface area (Å²) in [5, 5.41) is 14.6. The van der Waals surface area contributed by atoms with Gasteiger partial charge in [-0.15, -0.1) is 0 Å². The number of rotatable bonds is 6. The lowest BCUT2D eigenvalue weighted by molar-refractivity contribution is 0.480. The quantitative estimate of drug-likeness (QED) is 0.536. The molecule has 0 atom stereocenters. The van der Waals surface area contributed by atoms with Gasteiger partial charge >= 0.3 is 0 Å². The van der Waals surface area contributed by atoms with Gasteiger partial charge in [0.2, 0.25) is 0 Å². The highest BCUT2D eigenvalue weighted by atomic mass is 32.2. The van der Waals surface area contributed by atoms with Crippen LogP contribution in [0.25, 0.3) is 10.2 Å². The maximum absolute atomic E-state index is 11.5. The van der Waals surface area contributed by atoms with Crippen molar-refractivity contribution in [2.75, 3.05) is 23.3 Å². The van der Waals surface area contributed by atoms with Gasteiger partial charge < -0.3 is 16.2 Å². The van der Waals surface area contributed by atoms with Gasteiger partial charge in [-0.05, 0) is 36.2 Å². The molecule has 0 bridgehead atoms. The minimum Gasteiger partial charge on any atom is -0.506 e. The van der Waals surface area contributed by atoms with Crippen LogP contribution in [0.5, 0.6) is 5.75 Å². The molecule has 0 saturated carbocycles. The highest BCUT2D eigenvalue weighted by molar-refractivity contribution is 7.94. The lowest BCUT2D eigenvalue weighted by Crippen LogP contribution is -2.05. The third-order valence-corrected chi connectivity index (χ3v) is 6.10. The van der Waals surface area contributed by atoms with Crippen molar-refractivity contribution >= 4 is 42.2 Å². The van der Waals surface area contributed by atoms with Crippen LogP contribution >= 0.6 is 11.3 Å². The molecular formula is C20H19N3O3S2. The normalized spacial score (nSPS) is 11.0. The summed E-state index contributed by atoms with van der Waals surface area (Å²) in [6, 6.07) is 11.0. The number of nitrogens with one attached hydrogen (secondary N) is 1. The predicted octanol–water partition coefficient (Wildman–Crippen LogP) is 3.15. The van der Waals surface area contributed by atoms with E-state index in [9.17, 15) is 13.5 Å². The summed E-state index contributed by atoms with van der Waals surface area (Å²) in [6.45, 7) is 3.73. The van der Waals surface area contributed by atoms with E-state index in [1.807, 2.05) is 30.3 Å². The summed E-state index contributed by atoms with van der Waals surface area (Å²) < 4.78 is 23.7. The van der Waals surface area contributed by atoms with Crippen molar-refractivity contribution in [3.8, 4) is 17.6 Å². The van der Waals surface area contributed by atoms with Gasteiger partial charge in [-0.25, -0.2) is 13.4 Å². The Hall–Kier alpha value is -3.02. The first-order chi connectivity index (χ1) is 13.4. The number of nitrogen functional groups attached to an aromatic ring is 1. The largest absolute Gasteiger partial charge is 0.506 e. The number of nitrogens with zero attached hydrogens (tertiary/aromatic N) is 1. The lowest BCUT2D eigenvalue weighted by atomic mass is 10.1. The van der Waals surface area contributed by atoms with Crippen LogP contribution in [0.15, 0.2) is 48.4 Å². The van der Waals surface area contributed by atoms with Crippen molar-refractivity contribution in [2.45, 2.75) is 6.42 Å². The summed E-state index contributed by atoms with van der Waals surface area (Å²) in [7, 11) is -3.19. The number of anilines is 2. The first kappa shape index (κ1) is 19.7. The van der Waals surface area contributed by atoms with Crippen molar-refractivity contribution in [1.29, 1.82) is 0 Å². The molecular weight excluding hydrogens is 394 g/mol. The van der Waals surface area contributed by atoms with Gasteiger partial charge in [0.05, 0.1) is 17.0 Å². The number of phenols is 1. The summed E-state index contributed by atoms with van der Waals surface area (Å²) in [6.07, 6.45) is 0.447. The highest BCUT2D eigenvalue weighted by Crippen LogP contribution is 2.31. The van der Waals surface area contributed by atoms with E-state index in [-0.39, 0.29) is 11.5 Å². The molecule has 2 aromatic carbocycles. The van der Waals surface area contributed by atoms with Crippen LogP contribution < -0.4 is 11.1 Å². The molecule has 0 fully saturated rings. The maximum atomic E-state index is 11.5. The molecule has 28 heavy (non-hydrogen) atoms. The number of aromatic hydroxyl groups is 1. The second kappa shape index (κ2) is 8.33. The second-order valence-electron chi connectivity index (χ2n) is 6.03. The SMILES string of the molecule is C=CS(=O)(=O)CCc1ccc(NCC#Cc2cc(O)c3nc(N)sc3c2)cc1. The molecule has 4 N–H and O–H groups in total. The average Bonchev–Trinajstić information content (AvgIpc) is 3.05. The van der Waals surface area contributed by atoms with Gasteiger partial charge in [-0.1, -0.05) is 41.9 Å². The number of aromatic nitrogens is 1. The van der Waals surface area contributed by atoms with Crippen LogP contribution in [-0.2, 0) is 16.3 Å². The number of benzene rings is 2. The molecule has 6 nitrogen and oxygen atoms in total. The predicted molar refractivity (Wildman–Crippen MR) is 115 cm³/mol. The zero-order chi connectivity index (χ0) is 20.1. The van der Waals surface area contributed by atoms with Gasteiger partial charge in [0.25, 0.3) is 0 Å². The minimum absolute atomic E-state index is 0.0529. The Bertz CT molecular complexity index is 1170. The smallest absolute Gasteiger partial charge is 0.181 e. The fourth-order valence-corrected chi connectivity index (χ4v) is 4.01. The van der Waals surface area contributed by atoms with E-state index in [2.05, 4.69) is 28.7 Å². The van der Waals surface area contributed by atoms with E-state index in [0.717, 1.165) is 21.4 Å². The molecule has 1 aromatic heterocycles. The Balaban J connectivity index is 1.58. The third-order valence-electron chi connectivity index (χ3n) is 3.99. The van der Waals surface area contributed by atoms with E-state index in [1.165, 1.54) is 11.3 Å². The van der Waals surface area contributed by atoms with Crippen LogP contribution in [0.2, 0.25) is 0 Å². The maximum Gasteiger partial charge on any atom is 0.181 e. The highest BCUT2D eigenvalue weighted by Gasteiger charge is 2.07. The van der Waals surface area contributed by atoms with Gasteiger partial charge in [0.15, 0.2) is 15.0 Å². The average molecular weight is 414 g/mol. The van der Waals surface area contributed by atoms with E-state index in [0.29, 0.717) is 29.2 Å². The molecule has 144 valence electrons. The van der Waals surface area contributed by atoms with E-state index in [4.69, 9.17) is 5.73 Å². The van der Waals surface area contributed by atoms with Crippen LogP contribution in [0, 0.1) is 11.8 Å². The first-order valence-corrected chi connectivity index (χ1v) is 11.0. The van der Waals surface area contributed by atoms with Crippen LogP contribution in [0.1, 0.15) is 11.1 Å². The second-order valence-corrected chi connectivity index (χ2v) is 9.16. The zero-order valence-corrected chi connectivity index (χ0v) is 16.6. The Labute approximate surface area is 167 Å². The number of fused-ring (bicyclic) bond motifs is 1. The van der Waals surface area contributed by atoms with Crippen molar-refractivity contribution in [2.24, 2.45) is 0 Å². The summed E-state index contributed by atoms with van der Waals surface area (Å²) >= 11 is 1.30. The Morgan fingerprint density at radius 1 is 1.29 bits per heavy atom. The van der Waals surface area contributed by atoms with E-state index < -0.39 is 9.84 Å². The minimum atomic E-state index is -3.19. The molecule has 3 aromatic rings. The molecule has 1 heterocycles. The topological polar surface area (TPSA) is 105 Å². The summed E-state index contributed by atoms with van der Waals surface area (Å²) in [4.78, 5) is 4.08. The number of thiazole rings is 1.